The van der Waals surface area contributed by atoms with Crippen molar-refractivity contribution in [3.63, 3.8) is 0 Å². The molecule has 0 fully saturated rings. The van der Waals surface area contributed by atoms with Crippen LogP contribution in [0.2, 0.25) is 0 Å². The molecule has 1 aromatic heterocycles. The molecule has 5 heteroatoms. The predicted molar refractivity (Wildman–Crippen MR) is 121 cm³/mol. The number of benzene rings is 3. The molecule has 156 valence electrons. The molecule has 4 rings (SSSR count). The highest BCUT2D eigenvalue weighted by atomic mass is 16.5. The number of oxime groups is 1. The minimum absolute atomic E-state index is 0.0855. The standard InChI is InChI=1S/C26H23NO4/c1-17-21-13-14-24(30-16-23(27-29)20-11-7-4-8-12-20)18(2)25(21)31-26(28)22(17)15-19-9-5-3-6-10-19/h3-14,29H,15-16H2,1-2H3/b27-23+. The average molecular weight is 413 g/mol. The third-order valence-electron chi connectivity index (χ3n) is 5.47. The SMILES string of the molecule is Cc1c(Cc2ccccc2)c(=O)oc2c(C)c(OC/C(=N\O)c3ccccc3)ccc12. The summed E-state index contributed by atoms with van der Waals surface area (Å²) in [6.07, 6.45) is 0.523. The van der Waals surface area contributed by atoms with E-state index in [4.69, 9.17) is 9.15 Å². The highest BCUT2D eigenvalue weighted by molar-refractivity contribution is 6.01. The van der Waals surface area contributed by atoms with E-state index >= 15 is 0 Å². The molecule has 3 aromatic carbocycles. The first-order valence-corrected chi connectivity index (χ1v) is 10.1. The van der Waals surface area contributed by atoms with Crippen molar-refractivity contribution >= 4 is 16.7 Å². The van der Waals surface area contributed by atoms with Crippen LogP contribution in [0.15, 0.2) is 87.2 Å². The van der Waals surface area contributed by atoms with Crippen LogP contribution < -0.4 is 10.4 Å². The van der Waals surface area contributed by atoms with Gasteiger partial charge in [0.25, 0.3) is 0 Å². The molecule has 1 heterocycles. The molecular formula is C26H23NO4. The third-order valence-corrected chi connectivity index (χ3v) is 5.47. The second kappa shape index (κ2) is 8.88. The first-order chi connectivity index (χ1) is 15.1. The molecule has 0 atom stereocenters. The number of hydrogen-bond acceptors (Lipinski definition) is 5. The van der Waals surface area contributed by atoms with Crippen molar-refractivity contribution in [3.05, 3.63) is 111 Å². The van der Waals surface area contributed by atoms with Crippen LogP contribution in [0, 0.1) is 13.8 Å². The van der Waals surface area contributed by atoms with Crippen LogP contribution >= 0.6 is 0 Å². The second-order valence-corrected chi connectivity index (χ2v) is 7.42. The van der Waals surface area contributed by atoms with E-state index in [-0.39, 0.29) is 12.2 Å². The number of ether oxygens (including phenoxy) is 1. The van der Waals surface area contributed by atoms with Crippen molar-refractivity contribution in [1.29, 1.82) is 0 Å². The molecule has 0 aliphatic heterocycles. The van der Waals surface area contributed by atoms with Gasteiger partial charge in [-0.15, -0.1) is 0 Å². The highest BCUT2D eigenvalue weighted by Gasteiger charge is 2.16. The Labute approximate surface area is 180 Å². The fourth-order valence-electron chi connectivity index (χ4n) is 3.68. The van der Waals surface area contributed by atoms with Crippen LogP contribution in [0.25, 0.3) is 11.0 Å². The van der Waals surface area contributed by atoms with E-state index < -0.39 is 0 Å². The Hall–Kier alpha value is -3.86. The Morgan fingerprint density at radius 3 is 2.29 bits per heavy atom. The summed E-state index contributed by atoms with van der Waals surface area (Å²) in [6, 6.07) is 23.0. The third kappa shape index (κ3) is 4.21. The van der Waals surface area contributed by atoms with E-state index in [9.17, 15) is 10.0 Å². The molecular weight excluding hydrogens is 390 g/mol. The molecule has 0 saturated heterocycles. The summed E-state index contributed by atoms with van der Waals surface area (Å²) < 4.78 is 11.6. The van der Waals surface area contributed by atoms with Gasteiger partial charge in [0, 0.05) is 28.5 Å². The molecule has 1 N–H and O–H groups in total. The van der Waals surface area contributed by atoms with Crippen molar-refractivity contribution in [3.8, 4) is 5.75 Å². The predicted octanol–water partition coefficient (Wildman–Crippen LogP) is 5.26. The van der Waals surface area contributed by atoms with Gasteiger partial charge in [-0.1, -0.05) is 65.8 Å². The summed E-state index contributed by atoms with van der Waals surface area (Å²) in [6.45, 7) is 3.89. The zero-order valence-electron chi connectivity index (χ0n) is 17.5. The fraction of sp³-hybridized carbons (Fsp3) is 0.154. The number of fused-ring (bicyclic) bond motifs is 1. The van der Waals surface area contributed by atoms with E-state index in [0.29, 0.717) is 29.0 Å². The van der Waals surface area contributed by atoms with Crippen molar-refractivity contribution in [2.24, 2.45) is 5.16 Å². The van der Waals surface area contributed by atoms with Gasteiger partial charge in [-0.05, 0) is 37.1 Å². The van der Waals surface area contributed by atoms with Crippen molar-refractivity contribution in [1.82, 2.24) is 0 Å². The van der Waals surface area contributed by atoms with Gasteiger partial charge in [0.15, 0.2) is 0 Å². The van der Waals surface area contributed by atoms with Gasteiger partial charge >= 0.3 is 5.63 Å². The minimum atomic E-state index is -0.337. The maximum absolute atomic E-state index is 12.8. The molecule has 4 aromatic rings. The van der Waals surface area contributed by atoms with Gasteiger partial charge in [0.2, 0.25) is 0 Å². The molecule has 0 saturated carbocycles. The maximum atomic E-state index is 12.8. The Morgan fingerprint density at radius 2 is 1.61 bits per heavy atom. The van der Waals surface area contributed by atoms with Gasteiger partial charge in [-0.25, -0.2) is 4.79 Å². The summed E-state index contributed by atoms with van der Waals surface area (Å²) in [7, 11) is 0. The quantitative estimate of drug-likeness (QED) is 0.203. The summed E-state index contributed by atoms with van der Waals surface area (Å²) in [5.74, 6) is 0.572. The fourth-order valence-corrected chi connectivity index (χ4v) is 3.68. The Morgan fingerprint density at radius 1 is 0.935 bits per heavy atom. The van der Waals surface area contributed by atoms with Crippen LogP contribution in [0.1, 0.15) is 27.8 Å². The minimum Gasteiger partial charge on any atom is -0.487 e. The molecule has 0 amide bonds. The highest BCUT2D eigenvalue weighted by Crippen LogP contribution is 2.30. The van der Waals surface area contributed by atoms with Crippen LogP contribution in [0.5, 0.6) is 5.75 Å². The largest absolute Gasteiger partial charge is 0.487 e. The van der Waals surface area contributed by atoms with E-state index in [1.807, 2.05) is 86.6 Å². The Balaban J connectivity index is 1.65. The lowest BCUT2D eigenvalue weighted by Crippen LogP contribution is -2.14. The summed E-state index contributed by atoms with van der Waals surface area (Å²) in [4.78, 5) is 12.8. The maximum Gasteiger partial charge on any atom is 0.340 e. The number of nitrogens with zero attached hydrogens (tertiary/aromatic N) is 1. The van der Waals surface area contributed by atoms with Crippen molar-refractivity contribution in [2.45, 2.75) is 20.3 Å². The lowest BCUT2D eigenvalue weighted by Gasteiger charge is -2.14. The van der Waals surface area contributed by atoms with E-state index in [1.165, 1.54) is 0 Å². The molecule has 5 nitrogen and oxygen atoms in total. The molecule has 0 unspecified atom stereocenters. The molecule has 0 bridgehead atoms. The van der Waals surface area contributed by atoms with Gasteiger partial charge in [0.05, 0.1) is 0 Å². The van der Waals surface area contributed by atoms with Gasteiger partial charge in [-0.2, -0.15) is 0 Å². The van der Waals surface area contributed by atoms with Crippen LogP contribution in [-0.4, -0.2) is 17.5 Å². The summed E-state index contributed by atoms with van der Waals surface area (Å²) in [5.41, 5.74) is 4.72. The van der Waals surface area contributed by atoms with Gasteiger partial charge in [0.1, 0.15) is 23.7 Å². The van der Waals surface area contributed by atoms with Gasteiger partial charge in [-0.3, -0.25) is 0 Å². The van der Waals surface area contributed by atoms with E-state index in [2.05, 4.69) is 5.16 Å². The molecule has 0 spiro atoms. The van der Waals surface area contributed by atoms with Crippen LogP contribution in [0.4, 0.5) is 0 Å². The molecule has 31 heavy (non-hydrogen) atoms. The van der Waals surface area contributed by atoms with Crippen molar-refractivity contribution < 1.29 is 14.4 Å². The number of aryl methyl sites for hydroxylation is 2. The average Bonchev–Trinajstić information content (AvgIpc) is 2.80. The zero-order chi connectivity index (χ0) is 21.8. The number of hydrogen-bond donors (Lipinski definition) is 1. The summed E-state index contributed by atoms with van der Waals surface area (Å²) in [5, 5.41) is 13.6. The monoisotopic (exact) mass is 413 g/mol. The molecule has 0 aliphatic rings. The molecule has 0 aliphatic carbocycles. The zero-order valence-corrected chi connectivity index (χ0v) is 17.5. The first kappa shape index (κ1) is 20.4. The summed E-state index contributed by atoms with van der Waals surface area (Å²) >= 11 is 0. The van der Waals surface area contributed by atoms with Crippen LogP contribution in [-0.2, 0) is 6.42 Å². The lowest BCUT2D eigenvalue weighted by molar-refractivity contribution is 0.308. The Kier molecular flexibility index (Phi) is 5.85. The first-order valence-electron chi connectivity index (χ1n) is 10.1. The van der Waals surface area contributed by atoms with Crippen LogP contribution in [0.3, 0.4) is 0 Å². The van der Waals surface area contributed by atoms with Gasteiger partial charge < -0.3 is 14.4 Å². The second-order valence-electron chi connectivity index (χ2n) is 7.42. The van der Waals surface area contributed by atoms with E-state index in [0.717, 1.165) is 27.6 Å². The number of rotatable bonds is 6. The lowest BCUT2D eigenvalue weighted by atomic mass is 9.98. The smallest absolute Gasteiger partial charge is 0.340 e. The Bertz CT molecular complexity index is 1290. The molecule has 0 radical (unpaired) electrons. The van der Waals surface area contributed by atoms with E-state index in [1.54, 1.807) is 0 Å². The van der Waals surface area contributed by atoms with Crippen molar-refractivity contribution in [2.75, 3.05) is 6.61 Å². The normalized spacial score (nSPS) is 11.6. The topological polar surface area (TPSA) is 72.0 Å².